The highest BCUT2D eigenvalue weighted by atomic mass is 32.3. The summed E-state index contributed by atoms with van der Waals surface area (Å²) in [5, 5.41) is 12.1. The Bertz CT molecular complexity index is 452. The number of hydrogen-bond acceptors (Lipinski definition) is 7. The van der Waals surface area contributed by atoms with Crippen LogP contribution < -0.4 is 15.7 Å². The van der Waals surface area contributed by atoms with Crippen LogP contribution in [0.4, 0.5) is 11.5 Å². The molecule has 86 valence electrons. The van der Waals surface area contributed by atoms with Crippen LogP contribution in [0.15, 0.2) is 0 Å². The summed E-state index contributed by atoms with van der Waals surface area (Å²) in [6.45, 7) is -0.221. The van der Waals surface area contributed by atoms with E-state index in [4.69, 9.17) is 21.1 Å². The minimum atomic E-state index is -4.69. The first kappa shape index (κ1) is 11.6. The van der Waals surface area contributed by atoms with Crippen LogP contribution in [-0.2, 0) is 16.9 Å². The Labute approximate surface area is 85.2 Å². The van der Waals surface area contributed by atoms with Crippen molar-refractivity contribution >= 4 is 21.9 Å². The van der Waals surface area contributed by atoms with Crippen molar-refractivity contribution in [3.63, 3.8) is 0 Å². The lowest BCUT2D eigenvalue weighted by molar-refractivity contribution is 0.269. The Morgan fingerprint density at radius 2 is 2.07 bits per heavy atom. The van der Waals surface area contributed by atoms with E-state index in [1.54, 1.807) is 0 Å². The molecule has 9 nitrogen and oxygen atoms in total. The third-order valence-corrected chi connectivity index (χ3v) is 1.86. The molecule has 0 unspecified atom stereocenters. The zero-order valence-corrected chi connectivity index (χ0v) is 8.31. The molecule has 1 rings (SSSR count). The predicted octanol–water partition coefficient (Wildman–Crippen LogP) is -1.78. The molecule has 0 bridgehead atoms. The number of anilines is 2. The van der Waals surface area contributed by atoms with Gasteiger partial charge in [-0.15, -0.1) is 5.10 Å². The molecular weight excluding hydrogens is 228 g/mol. The van der Waals surface area contributed by atoms with E-state index in [9.17, 15) is 8.42 Å². The maximum atomic E-state index is 10.4. The molecule has 15 heavy (non-hydrogen) atoms. The summed E-state index contributed by atoms with van der Waals surface area (Å²) in [7, 11) is -4.69. The van der Waals surface area contributed by atoms with Crippen molar-refractivity contribution in [1.29, 1.82) is 0 Å². The minimum Gasteiger partial charge on any atom is -0.394 e. The fourth-order valence-electron chi connectivity index (χ4n) is 0.892. The number of nitrogen functional groups attached to an aromatic ring is 2. The van der Waals surface area contributed by atoms with Gasteiger partial charge in [0.05, 0.1) is 13.2 Å². The number of aliphatic hydroxyl groups is 1. The van der Waals surface area contributed by atoms with Crippen LogP contribution in [0.25, 0.3) is 0 Å². The first-order chi connectivity index (χ1) is 6.85. The molecule has 0 atom stereocenters. The standard InChI is InChI=1S/C5H10N4O5S/c6-3-4(7)9(1-2-10)8-5(3)14-15(11,12)13/h10H,1-2,6-7H2,(H,11,12,13). The highest BCUT2D eigenvalue weighted by molar-refractivity contribution is 7.81. The van der Waals surface area contributed by atoms with Gasteiger partial charge < -0.3 is 20.8 Å². The molecule has 0 aliphatic carbocycles. The van der Waals surface area contributed by atoms with Crippen LogP contribution in [0.2, 0.25) is 0 Å². The summed E-state index contributed by atoms with van der Waals surface area (Å²) in [6, 6.07) is 0. The normalized spacial score (nSPS) is 11.6. The zero-order chi connectivity index (χ0) is 11.6. The number of rotatable bonds is 4. The van der Waals surface area contributed by atoms with Crippen LogP contribution in [-0.4, -0.2) is 34.5 Å². The average Bonchev–Trinajstić information content (AvgIpc) is 2.32. The lowest BCUT2D eigenvalue weighted by Crippen LogP contribution is -2.09. The quantitative estimate of drug-likeness (QED) is 0.449. The third-order valence-electron chi connectivity index (χ3n) is 1.49. The monoisotopic (exact) mass is 238 g/mol. The topological polar surface area (TPSA) is 154 Å². The molecule has 1 aromatic heterocycles. The van der Waals surface area contributed by atoms with Crippen LogP contribution in [0.5, 0.6) is 5.88 Å². The van der Waals surface area contributed by atoms with Crippen LogP contribution in [0.3, 0.4) is 0 Å². The number of nitrogens with zero attached hydrogens (tertiary/aromatic N) is 2. The molecule has 0 saturated carbocycles. The maximum Gasteiger partial charge on any atom is 0.448 e. The highest BCUT2D eigenvalue weighted by Crippen LogP contribution is 2.27. The van der Waals surface area contributed by atoms with Gasteiger partial charge in [-0.1, -0.05) is 0 Å². The first-order valence-corrected chi connectivity index (χ1v) is 5.11. The Balaban J connectivity index is 3.05. The Hall–Kier alpha value is -1.52. The Morgan fingerprint density at radius 3 is 2.53 bits per heavy atom. The first-order valence-electron chi connectivity index (χ1n) is 3.74. The second kappa shape index (κ2) is 3.92. The van der Waals surface area contributed by atoms with E-state index < -0.39 is 16.3 Å². The van der Waals surface area contributed by atoms with Crippen molar-refractivity contribution in [2.24, 2.45) is 0 Å². The molecule has 1 aromatic rings. The van der Waals surface area contributed by atoms with Gasteiger partial charge in [0, 0.05) is 0 Å². The summed E-state index contributed by atoms with van der Waals surface area (Å²) in [6.07, 6.45) is 0. The highest BCUT2D eigenvalue weighted by Gasteiger charge is 2.18. The van der Waals surface area contributed by atoms with Crippen molar-refractivity contribution < 1.29 is 22.3 Å². The molecule has 0 saturated heterocycles. The summed E-state index contributed by atoms with van der Waals surface area (Å²) in [4.78, 5) is 0. The van der Waals surface area contributed by atoms with Crippen molar-refractivity contribution in [3.8, 4) is 5.88 Å². The van der Waals surface area contributed by atoms with Crippen molar-refractivity contribution in [2.75, 3.05) is 18.1 Å². The lowest BCUT2D eigenvalue weighted by atomic mass is 10.5. The van der Waals surface area contributed by atoms with Crippen molar-refractivity contribution in [2.45, 2.75) is 6.54 Å². The fraction of sp³-hybridized carbons (Fsp3) is 0.400. The van der Waals surface area contributed by atoms with Gasteiger partial charge in [0.2, 0.25) is 0 Å². The number of aromatic nitrogens is 2. The van der Waals surface area contributed by atoms with E-state index in [0.29, 0.717) is 0 Å². The summed E-state index contributed by atoms with van der Waals surface area (Å²) < 4.78 is 34.2. The van der Waals surface area contributed by atoms with Crippen LogP contribution >= 0.6 is 0 Å². The average molecular weight is 238 g/mol. The molecule has 6 N–H and O–H groups in total. The van der Waals surface area contributed by atoms with Crippen molar-refractivity contribution in [1.82, 2.24) is 9.78 Å². The Morgan fingerprint density at radius 1 is 1.47 bits per heavy atom. The molecule has 0 spiro atoms. The number of hydrogen-bond donors (Lipinski definition) is 4. The summed E-state index contributed by atoms with van der Waals surface area (Å²) in [5.74, 6) is -0.578. The van der Waals surface area contributed by atoms with Crippen molar-refractivity contribution in [3.05, 3.63) is 0 Å². The van der Waals surface area contributed by atoms with E-state index in [2.05, 4.69) is 9.28 Å². The summed E-state index contributed by atoms with van der Waals surface area (Å²) in [5.41, 5.74) is 10.5. The van der Waals surface area contributed by atoms with Gasteiger partial charge >= 0.3 is 10.4 Å². The Kier molecular flexibility index (Phi) is 3.02. The summed E-state index contributed by atoms with van der Waals surface area (Å²) >= 11 is 0. The number of aliphatic hydroxyl groups excluding tert-OH is 1. The number of nitrogens with two attached hydrogens (primary N) is 2. The van der Waals surface area contributed by atoms with E-state index in [0.717, 1.165) is 4.68 Å². The molecule has 0 aromatic carbocycles. The van der Waals surface area contributed by atoms with E-state index in [1.165, 1.54) is 0 Å². The van der Waals surface area contributed by atoms with Gasteiger partial charge in [0.25, 0.3) is 5.88 Å². The van der Waals surface area contributed by atoms with Gasteiger partial charge in [-0.25, -0.2) is 4.68 Å². The lowest BCUT2D eigenvalue weighted by Gasteiger charge is -1.98. The van der Waals surface area contributed by atoms with Gasteiger partial charge in [0.15, 0.2) is 0 Å². The maximum absolute atomic E-state index is 10.4. The molecule has 0 fully saturated rings. The van der Waals surface area contributed by atoms with E-state index in [-0.39, 0.29) is 24.7 Å². The van der Waals surface area contributed by atoms with Crippen LogP contribution in [0.1, 0.15) is 0 Å². The molecule has 0 radical (unpaired) electrons. The second-order valence-electron chi connectivity index (χ2n) is 2.56. The molecule has 10 heteroatoms. The molecule has 0 aliphatic heterocycles. The SMILES string of the molecule is Nc1c(OS(=O)(=O)O)nn(CCO)c1N. The van der Waals surface area contributed by atoms with Gasteiger partial charge in [-0.05, 0) is 0 Å². The van der Waals surface area contributed by atoms with Gasteiger partial charge in [0.1, 0.15) is 11.5 Å². The molecule has 0 aliphatic rings. The minimum absolute atomic E-state index is 0.0326. The molecular formula is C5H10N4O5S. The smallest absolute Gasteiger partial charge is 0.394 e. The predicted molar refractivity (Wildman–Crippen MR) is 50.3 cm³/mol. The fourth-order valence-corrected chi connectivity index (χ4v) is 1.22. The van der Waals surface area contributed by atoms with Gasteiger partial charge in [-0.2, -0.15) is 8.42 Å². The van der Waals surface area contributed by atoms with Gasteiger partial charge in [-0.3, -0.25) is 4.55 Å². The largest absolute Gasteiger partial charge is 0.448 e. The molecule has 0 amide bonds. The van der Waals surface area contributed by atoms with Crippen LogP contribution in [0, 0.1) is 0 Å². The zero-order valence-electron chi connectivity index (χ0n) is 7.49. The van der Waals surface area contributed by atoms with E-state index >= 15 is 0 Å². The third kappa shape index (κ3) is 2.71. The van der Waals surface area contributed by atoms with E-state index in [1.807, 2.05) is 0 Å². The second-order valence-corrected chi connectivity index (χ2v) is 3.58. The molecule has 1 heterocycles.